The normalized spacial score (nSPS) is 16.2. The van der Waals surface area contributed by atoms with Gasteiger partial charge in [0.05, 0.1) is 6.61 Å². The number of amides is 3. The number of carbonyl (C=O) groups excluding carboxylic acids is 2. The lowest BCUT2D eigenvalue weighted by Gasteiger charge is -2.35. The Kier molecular flexibility index (Phi) is 7.11. The number of piperidine rings is 1. The summed E-state index contributed by atoms with van der Waals surface area (Å²) in [6.07, 6.45) is 3.15. The highest BCUT2D eigenvalue weighted by Gasteiger charge is 2.26. The van der Waals surface area contributed by atoms with Gasteiger partial charge in [-0.25, -0.2) is 9.59 Å². The van der Waals surface area contributed by atoms with Gasteiger partial charge in [0.15, 0.2) is 0 Å². The summed E-state index contributed by atoms with van der Waals surface area (Å²) in [6.45, 7) is 5.00. The number of ether oxygens (including phenoxy) is 1. The number of carbonyl (C=O) groups is 2. The van der Waals surface area contributed by atoms with Gasteiger partial charge in [0.1, 0.15) is 0 Å². The molecule has 0 spiro atoms. The van der Waals surface area contributed by atoms with Crippen LogP contribution >= 0.6 is 0 Å². The van der Waals surface area contributed by atoms with E-state index in [0.717, 1.165) is 42.6 Å². The molecular formula is C23H29N3O3. The van der Waals surface area contributed by atoms with E-state index in [9.17, 15) is 9.59 Å². The van der Waals surface area contributed by atoms with Gasteiger partial charge in [-0.2, -0.15) is 0 Å². The molecule has 2 aromatic rings. The van der Waals surface area contributed by atoms with Gasteiger partial charge in [-0.1, -0.05) is 35.4 Å². The zero-order valence-electron chi connectivity index (χ0n) is 17.1. The van der Waals surface area contributed by atoms with Crippen LogP contribution < -0.4 is 10.6 Å². The number of hydrogen-bond acceptors (Lipinski definition) is 3. The zero-order chi connectivity index (χ0) is 20.6. The fraction of sp³-hybridized carbons (Fsp3) is 0.391. The summed E-state index contributed by atoms with van der Waals surface area (Å²) < 4.78 is 5.33. The van der Waals surface area contributed by atoms with E-state index in [1.807, 2.05) is 67.3 Å². The number of hydrogen-bond donors (Lipinski definition) is 2. The van der Waals surface area contributed by atoms with Crippen molar-refractivity contribution in [2.45, 2.75) is 45.6 Å². The molecular weight excluding hydrogens is 366 g/mol. The van der Waals surface area contributed by atoms with Gasteiger partial charge < -0.3 is 15.0 Å². The molecule has 3 rings (SSSR count). The molecule has 1 fully saturated rings. The number of anilines is 2. The minimum atomic E-state index is -0.472. The van der Waals surface area contributed by atoms with Crippen molar-refractivity contribution in [1.82, 2.24) is 4.90 Å². The average molecular weight is 396 g/mol. The fourth-order valence-corrected chi connectivity index (χ4v) is 3.48. The van der Waals surface area contributed by atoms with Crippen LogP contribution in [0.25, 0.3) is 0 Å². The Bertz CT molecular complexity index is 818. The van der Waals surface area contributed by atoms with Gasteiger partial charge >= 0.3 is 12.1 Å². The van der Waals surface area contributed by atoms with E-state index >= 15 is 0 Å². The maximum atomic E-state index is 12.7. The number of aryl methyl sites for hydroxylation is 2. The van der Waals surface area contributed by atoms with Crippen molar-refractivity contribution in [3.63, 3.8) is 0 Å². The molecule has 1 saturated heterocycles. The first-order valence-corrected chi connectivity index (χ1v) is 10.2. The maximum absolute atomic E-state index is 12.7. The average Bonchev–Trinajstić information content (AvgIpc) is 2.72. The quantitative estimate of drug-likeness (QED) is 0.719. The van der Waals surface area contributed by atoms with E-state index in [0.29, 0.717) is 12.1 Å². The van der Waals surface area contributed by atoms with Gasteiger partial charge in [0.2, 0.25) is 0 Å². The molecule has 154 valence electrons. The first kappa shape index (κ1) is 20.7. The SMILES string of the molecule is Cc1ccc(NC(=O)OCCC2CCCCN2C(=O)Nc2ccc(C)cc2)cc1. The zero-order valence-corrected chi connectivity index (χ0v) is 17.1. The highest BCUT2D eigenvalue weighted by molar-refractivity contribution is 5.89. The van der Waals surface area contributed by atoms with Crippen LogP contribution in [-0.2, 0) is 4.74 Å². The largest absolute Gasteiger partial charge is 0.449 e. The smallest absolute Gasteiger partial charge is 0.411 e. The first-order valence-electron chi connectivity index (χ1n) is 10.2. The molecule has 6 heteroatoms. The topological polar surface area (TPSA) is 70.7 Å². The van der Waals surface area contributed by atoms with E-state index in [2.05, 4.69) is 10.6 Å². The molecule has 29 heavy (non-hydrogen) atoms. The Morgan fingerprint density at radius 1 is 0.931 bits per heavy atom. The molecule has 2 aromatic carbocycles. The predicted octanol–water partition coefficient (Wildman–Crippen LogP) is 5.33. The third kappa shape index (κ3) is 6.24. The molecule has 1 aliphatic heterocycles. The maximum Gasteiger partial charge on any atom is 0.411 e. The van der Waals surface area contributed by atoms with Crippen LogP contribution in [0.1, 0.15) is 36.8 Å². The lowest BCUT2D eigenvalue weighted by atomic mass is 10.00. The summed E-state index contributed by atoms with van der Waals surface area (Å²) in [4.78, 5) is 26.6. The van der Waals surface area contributed by atoms with Crippen LogP contribution in [0.5, 0.6) is 0 Å². The Morgan fingerprint density at radius 3 is 2.14 bits per heavy atom. The first-order chi connectivity index (χ1) is 14.0. The van der Waals surface area contributed by atoms with Crippen molar-refractivity contribution in [2.75, 3.05) is 23.8 Å². The van der Waals surface area contributed by atoms with Crippen LogP contribution in [0, 0.1) is 13.8 Å². The van der Waals surface area contributed by atoms with Gasteiger partial charge in [-0.3, -0.25) is 5.32 Å². The van der Waals surface area contributed by atoms with Crippen LogP contribution in [0.4, 0.5) is 21.0 Å². The van der Waals surface area contributed by atoms with Crippen LogP contribution in [-0.4, -0.2) is 36.2 Å². The van der Waals surface area contributed by atoms with Crippen molar-refractivity contribution >= 4 is 23.5 Å². The number of benzene rings is 2. The number of likely N-dealkylation sites (tertiary alicyclic amines) is 1. The van der Waals surface area contributed by atoms with Gasteiger partial charge in [0, 0.05) is 30.4 Å². The van der Waals surface area contributed by atoms with Crippen molar-refractivity contribution in [2.24, 2.45) is 0 Å². The van der Waals surface area contributed by atoms with Gasteiger partial charge in [-0.15, -0.1) is 0 Å². The van der Waals surface area contributed by atoms with Crippen LogP contribution in [0.3, 0.4) is 0 Å². The highest BCUT2D eigenvalue weighted by Crippen LogP contribution is 2.21. The van der Waals surface area contributed by atoms with Crippen molar-refractivity contribution in [1.29, 1.82) is 0 Å². The standard InChI is InChI=1S/C23H29N3O3/c1-17-6-10-19(11-7-17)24-22(27)26-15-4-3-5-21(26)14-16-29-23(28)25-20-12-8-18(2)9-13-20/h6-13,21H,3-5,14-16H2,1-2H3,(H,24,27)(H,25,28). The minimum Gasteiger partial charge on any atom is -0.449 e. The molecule has 0 radical (unpaired) electrons. The summed E-state index contributed by atoms with van der Waals surface area (Å²) >= 11 is 0. The molecule has 2 N–H and O–H groups in total. The lowest BCUT2D eigenvalue weighted by Crippen LogP contribution is -2.46. The molecule has 0 aromatic heterocycles. The van der Waals surface area contributed by atoms with Crippen molar-refractivity contribution in [3.8, 4) is 0 Å². The van der Waals surface area contributed by atoms with Crippen LogP contribution in [0.15, 0.2) is 48.5 Å². The Labute approximate surface area is 172 Å². The van der Waals surface area contributed by atoms with Gasteiger partial charge in [-0.05, 0) is 57.4 Å². The van der Waals surface area contributed by atoms with Crippen LogP contribution in [0.2, 0.25) is 0 Å². The van der Waals surface area contributed by atoms with E-state index < -0.39 is 6.09 Å². The second-order valence-corrected chi connectivity index (χ2v) is 7.55. The summed E-state index contributed by atoms with van der Waals surface area (Å²) in [5.74, 6) is 0. The van der Waals surface area contributed by atoms with E-state index in [-0.39, 0.29) is 18.7 Å². The van der Waals surface area contributed by atoms with E-state index in [1.165, 1.54) is 0 Å². The van der Waals surface area contributed by atoms with Crippen molar-refractivity contribution in [3.05, 3.63) is 59.7 Å². The monoisotopic (exact) mass is 395 g/mol. The molecule has 1 aliphatic rings. The summed E-state index contributed by atoms with van der Waals surface area (Å²) in [7, 11) is 0. The summed E-state index contributed by atoms with van der Waals surface area (Å²) in [5, 5.41) is 5.70. The van der Waals surface area contributed by atoms with Gasteiger partial charge in [0.25, 0.3) is 0 Å². The summed E-state index contributed by atoms with van der Waals surface area (Å²) in [5.41, 5.74) is 3.78. The fourth-order valence-electron chi connectivity index (χ4n) is 3.48. The van der Waals surface area contributed by atoms with Crippen molar-refractivity contribution < 1.29 is 14.3 Å². The number of nitrogens with zero attached hydrogens (tertiary/aromatic N) is 1. The van der Waals surface area contributed by atoms with E-state index in [1.54, 1.807) is 0 Å². The number of rotatable bonds is 5. The molecule has 6 nitrogen and oxygen atoms in total. The second-order valence-electron chi connectivity index (χ2n) is 7.55. The molecule has 1 unspecified atom stereocenters. The highest BCUT2D eigenvalue weighted by atomic mass is 16.5. The molecule has 1 atom stereocenters. The lowest BCUT2D eigenvalue weighted by molar-refractivity contribution is 0.123. The minimum absolute atomic E-state index is 0.0707. The molecule has 1 heterocycles. The Hall–Kier alpha value is -3.02. The Morgan fingerprint density at radius 2 is 1.52 bits per heavy atom. The second kappa shape index (κ2) is 9.96. The molecule has 3 amide bonds. The summed E-state index contributed by atoms with van der Waals surface area (Å²) in [6, 6.07) is 15.3. The Balaban J connectivity index is 1.47. The molecule has 0 saturated carbocycles. The third-order valence-corrected chi connectivity index (χ3v) is 5.17. The third-order valence-electron chi connectivity index (χ3n) is 5.17. The van der Waals surface area contributed by atoms with E-state index in [4.69, 9.17) is 4.74 Å². The number of urea groups is 1. The number of nitrogens with one attached hydrogen (secondary N) is 2. The molecule has 0 aliphatic carbocycles. The molecule has 0 bridgehead atoms. The predicted molar refractivity (Wildman–Crippen MR) is 115 cm³/mol.